The number of ether oxygens (including phenoxy) is 2. The van der Waals surface area contributed by atoms with Crippen LogP contribution in [0.4, 0.5) is 16.2 Å². The van der Waals surface area contributed by atoms with E-state index < -0.39 is 11.8 Å². The first-order valence-electron chi connectivity index (χ1n) is 11.2. The van der Waals surface area contributed by atoms with Crippen molar-refractivity contribution in [3.63, 3.8) is 0 Å². The molecule has 2 aliphatic heterocycles. The molecular formula is C24H28N4O4. The van der Waals surface area contributed by atoms with Crippen molar-refractivity contribution in [1.29, 1.82) is 0 Å². The van der Waals surface area contributed by atoms with Gasteiger partial charge in [-0.15, -0.1) is 0 Å². The molecule has 3 aliphatic rings. The molecule has 3 amide bonds. The van der Waals surface area contributed by atoms with Crippen molar-refractivity contribution >= 4 is 23.3 Å². The van der Waals surface area contributed by atoms with E-state index in [0.29, 0.717) is 30.3 Å². The molecule has 1 saturated carbocycles. The van der Waals surface area contributed by atoms with E-state index in [0.717, 1.165) is 38.8 Å². The summed E-state index contributed by atoms with van der Waals surface area (Å²) < 4.78 is 12.0. The van der Waals surface area contributed by atoms with Crippen LogP contribution in [0.1, 0.15) is 25.7 Å². The highest BCUT2D eigenvalue weighted by Gasteiger charge is 2.44. The minimum atomic E-state index is -0.528. The topological polar surface area (TPSA) is 83.1 Å². The van der Waals surface area contributed by atoms with Crippen molar-refractivity contribution in [2.45, 2.75) is 31.5 Å². The van der Waals surface area contributed by atoms with Gasteiger partial charge in [0.15, 0.2) is 11.5 Å². The van der Waals surface area contributed by atoms with Gasteiger partial charge in [-0.05, 0) is 37.1 Å². The summed E-state index contributed by atoms with van der Waals surface area (Å²) in [7, 11) is 0. The summed E-state index contributed by atoms with van der Waals surface area (Å²) in [4.78, 5) is 28.9. The van der Waals surface area contributed by atoms with E-state index >= 15 is 0 Å². The Labute approximate surface area is 187 Å². The number of carbonyl (C=O) groups is 2. The molecule has 0 bridgehead atoms. The first-order chi connectivity index (χ1) is 15.6. The lowest BCUT2D eigenvalue weighted by atomic mass is 10.2. The second-order valence-electron chi connectivity index (χ2n) is 8.49. The van der Waals surface area contributed by atoms with Gasteiger partial charge in [0.25, 0.3) is 5.79 Å². The monoisotopic (exact) mass is 436 g/mol. The number of piperazine rings is 1. The lowest BCUT2D eigenvalue weighted by molar-refractivity contribution is -0.130. The summed E-state index contributed by atoms with van der Waals surface area (Å²) in [5, 5.41) is 5.43. The van der Waals surface area contributed by atoms with Crippen LogP contribution in [0, 0.1) is 0 Å². The van der Waals surface area contributed by atoms with Crippen LogP contribution in [-0.2, 0) is 4.79 Å². The molecule has 0 atom stereocenters. The van der Waals surface area contributed by atoms with E-state index in [1.807, 2.05) is 24.3 Å². The molecule has 0 radical (unpaired) electrons. The van der Waals surface area contributed by atoms with E-state index in [1.54, 1.807) is 17.0 Å². The highest BCUT2D eigenvalue weighted by atomic mass is 16.7. The molecule has 168 valence electrons. The number of nitrogens with zero attached hydrogens (tertiary/aromatic N) is 2. The van der Waals surface area contributed by atoms with Gasteiger partial charge in [0.2, 0.25) is 5.91 Å². The standard InChI is InChI=1S/C24H28N4O4/c29-22(28-14-12-27(13-15-28)19-6-2-1-3-7-19)17-25-23(30)26-18-8-9-20-21(16-18)32-24(31-20)10-4-5-11-24/h1-3,6-9,16H,4-5,10-15,17H2,(H2,25,26,30). The SMILES string of the molecule is O=C(NCC(=O)N1CCN(c2ccccc2)CC1)Nc1ccc2c(c1)OC1(CCCC1)O2. The summed E-state index contributed by atoms with van der Waals surface area (Å²) in [6, 6.07) is 15.1. The predicted octanol–water partition coefficient (Wildman–Crippen LogP) is 3.20. The van der Waals surface area contributed by atoms with Crippen LogP contribution in [0.15, 0.2) is 48.5 Å². The average Bonchev–Trinajstić information content (AvgIpc) is 3.43. The number of rotatable bonds is 4. The lowest BCUT2D eigenvalue weighted by Crippen LogP contribution is -2.51. The summed E-state index contributed by atoms with van der Waals surface area (Å²) in [6.45, 7) is 2.80. The fourth-order valence-corrected chi connectivity index (χ4v) is 4.59. The van der Waals surface area contributed by atoms with Crippen molar-refractivity contribution in [2.75, 3.05) is 42.9 Å². The number of nitrogens with one attached hydrogen (secondary N) is 2. The van der Waals surface area contributed by atoms with Crippen LogP contribution in [0.2, 0.25) is 0 Å². The third kappa shape index (κ3) is 4.30. The molecule has 1 saturated heterocycles. The third-order valence-corrected chi connectivity index (χ3v) is 6.31. The maximum absolute atomic E-state index is 12.5. The van der Waals surface area contributed by atoms with Crippen LogP contribution in [0.3, 0.4) is 0 Å². The highest BCUT2D eigenvalue weighted by Crippen LogP contribution is 2.47. The van der Waals surface area contributed by atoms with E-state index in [2.05, 4.69) is 27.7 Å². The Kier molecular flexibility index (Phi) is 5.51. The number of para-hydroxylation sites is 1. The summed E-state index contributed by atoms with van der Waals surface area (Å²) in [6.07, 6.45) is 3.95. The zero-order chi connectivity index (χ0) is 22.0. The number of hydrogen-bond acceptors (Lipinski definition) is 5. The molecule has 0 aromatic heterocycles. The molecule has 1 aliphatic carbocycles. The second kappa shape index (κ2) is 8.61. The van der Waals surface area contributed by atoms with Crippen LogP contribution >= 0.6 is 0 Å². The Morgan fingerprint density at radius 1 is 0.906 bits per heavy atom. The second-order valence-corrected chi connectivity index (χ2v) is 8.49. The zero-order valence-corrected chi connectivity index (χ0v) is 18.0. The Morgan fingerprint density at radius 3 is 2.38 bits per heavy atom. The molecule has 2 aromatic carbocycles. The molecule has 2 heterocycles. The third-order valence-electron chi connectivity index (χ3n) is 6.31. The predicted molar refractivity (Wildman–Crippen MR) is 121 cm³/mol. The van der Waals surface area contributed by atoms with E-state index in [9.17, 15) is 9.59 Å². The molecule has 2 N–H and O–H groups in total. The molecule has 5 rings (SSSR count). The fraction of sp³-hybridized carbons (Fsp3) is 0.417. The molecule has 2 aromatic rings. The minimum Gasteiger partial charge on any atom is -0.448 e. The van der Waals surface area contributed by atoms with Crippen molar-refractivity contribution in [2.24, 2.45) is 0 Å². The molecule has 32 heavy (non-hydrogen) atoms. The molecule has 0 unspecified atom stereocenters. The van der Waals surface area contributed by atoms with Gasteiger partial charge in [0, 0.05) is 56.5 Å². The van der Waals surface area contributed by atoms with Gasteiger partial charge in [-0.2, -0.15) is 0 Å². The molecule has 2 fully saturated rings. The molecule has 8 nitrogen and oxygen atoms in total. The van der Waals surface area contributed by atoms with Crippen molar-refractivity contribution in [1.82, 2.24) is 10.2 Å². The Bertz CT molecular complexity index is 983. The lowest BCUT2D eigenvalue weighted by Gasteiger charge is -2.36. The summed E-state index contributed by atoms with van der Waals surface area (Å²) >= 11 is 0. The first kappa shape index (κ1) is 20.5. The maximum atomic E-state index is 12.5. The minimum absolute atomic E-state index is 0.0369. The number of carbonyl (C=O) groups excluding carboxylic acids is 2. The number of hydrogen-bond donors (Lipinski definition) is 2. The van der Waals surface area contributed by atoms with Gasteiger partial charge >= 0.3 is 6.03 Å². The number of urea groups is 1. The molecule has 8 heteroatoms. The maximum Gasteiger partial charge on any atom is 0.319 e. The van der Waals surface area contributed by atoms with Gasteiger partial charge < -0.3 is 29.9 Å². The van der Waals surface area contributed by atoms with Gasteiger partial charge in [-0.3, -0.25) is 4.79 Å². The van der Waals surface area contributed by atoms with E-state index in [4.69, 9.17) is 9.47 Å². The fourth-order valence-electron chi connectivity index (χ4n) is 4.59. The number of fused-ring (bicyclic) bond motifs is 1. The van der Waals surface area contributed by atoms with Gasteiger partial charge in [0.05, 0.1) is 6.54 Å². The molecule has 1 spiro atoms. The summed E-state index contributed by atoms with van der Waals surface area (Å²) in [5.74, 6) is 0.752. The number of anilines is 2. The zero-order valence-electron chi connectivity index (χ0n) is 18.0. The van der Waals surface area contributed by atoms with Crippen LogP contribution in [-0.4, -0.2) is 55.3 Å². The number of amides is 3. The Hall–Kier alpha value is -3.42. The Balaban J connectivity index is 1.08. The number of benzene rings is 2. The van der Waals surface area contributed by atoms with Gasteiger partial charge in [0.1, 0.15) is 0 Å². The van der Waals surface area contributed by atoms with E-state index in [1.165, 1.54) is 5.69 Å². The van der Waals surface area contributed by atoms with Gasteiger partial charge in [-0.25, -0.2) is 4.79 Å². The Morgan fingerprint density at radius 2 is 1.62 bits per heavy atom. The van der Waals surface area contributed by atoms with Crippen molar-refractivity contribution < 1.29 is 19.1 Å². The van der Waals surface area contributed by atoms with Crippen molar-refractivity contribution in [3.8, 4) is 11.5 Å². The smallest absolute Gasteiger partial charge is 0.319 e. The van der Waals surface area contributed by atoms with Crippen LogP contribution in [0.25, 0.3) is 0 Å². The highest BCUT2D eigenvalue weighted by molar-refractivity contribution is 5.92. The average molecular weight is 437 g/mol. The quantitative estimate of drug-likeness (QED) is 0.769. The van der Waals surface area contributed by atoms with Crippen LogP contribution < -0.4 is 25.0 Å². The van der Waals surface area contributed by atoms with Crippen molar-refractivity contribution in [3.05, 3.63) is 48.5 Å². The first-order valence-corrected chi connectivity index (χ1v) is 11.2. The van der Waals surface area contributed by atoms with Crippen LogP contribution in [0.5, 0.6) is 11.5 Å². The molecular weight excluding hydrogens is 408 g/mol. The summed E-state index contributed by atoms with van der Waals surface area (Å²) in [5.41, 5.74) is 1.77. The largest absolute Gasteiger partial charge is 0.448 e. The normalized spacial score (nSPS) is 18.6. The van der Waals surface area contributed by atoms with E-state index in [-0.39, 0.29) is 12.5 Å². The van der Waals surface area contributed by atoms with Gasteiger partial charge in [-0.1, -0.05) is 18.2 Å².